The number of hydrazone groups is 1. The molecule has 1 aromatic carbocycles. The second-order valence-electron chi connectivity index (χ2n) is 3.14. The Morgan fingerprint density at radius 1 is 1.47 bits per heavy atom. The molecule has 1 N–H and O–H groups in total. The van der Waals surface area contributed by atoms with Gasteiger partial charge in [0, 0.05) is 10.6 Å². The van der Waals surface area contributed by atoms with Crippen molar-refractivity contribution in [3.05, 3.63) is 33.8 Å². The fraction of sp³-hybridized carbons (Fsp3) is 0.273. The van der Waals surface area contributed by atoms with Crippen molar-refractivity contribution in [3.8, 4) is 0 Å². The van der Waals surface area contributed by atoms with Gasteiger partial charge in [-0.15, -0.1) is 0 Å². The molecule has 17 heavy (non-hydrogen) atoms. The van der Waals surface area contributed by atoms with Crippen molar-refractivity contribution in [3.63, 3.8) is 0 Å². The molecule has 4 nitrogen and oxygen atoms in total. The van der Waals surface area contributed by atoms with Gasteiger partial charge in [-0.3, -0.25) is 0 Å². The van der Waals surface area contributed by atoms with E-state index in [1.54, 1.807) is 18.2 Å². The maximum Gasteiger partial charge on any atom is 0.427 e. The molecule has 0 saturated heterocycles. The Morgan fingerprint density at radius 2 is 2.18 bits per heavy atom. The number of hydrogen-bond donors (Lipinski definition) is 1. The summed E-state index contributed by atoms with van der Waals surface area (Å²) >= 11 is 11.8. The summed E-state index contributed by atoms with van der Waals surface area (Å²) in [5.74, 6) is 0. The molecule has 0 aliphatic carbocycles. The third-order valence-electron chi connectivity index (χ3n) is 2.04. The highest BCUT2D eigenvalue weighted by atomic mass is 35.5. The number of amides is 1. The predicted molar refractivity (Wildman–Crippen MR) is 68.8 cm³/mol. The lowest BCUT2D eigenvalue weighted by molar-refractivity contribution is 0.171. The van der Waals surface area contributed by atoms with Gasteiger partial charge in [-0.2, -0.15) is 5.10 Å². The number of carbonyl (C=O) groups is 1. The van der Waals surface area contributed by atoms with Crippen LogP contribution in [0.5, 0.6) is 0 Å². The SMILES string of the molecule is CCC(=NNC(=O)OC)c1ccc(Cl)cc1Cl. The molecule has 1 aromatic rings. The van der Waals surface area contributed by atoms with Crippen molar-refractivity contribution in [1.29, 1.82) is 0 Å². The third kappa shape index (κ3) is 3.91. The largest absolute Gasteiger partial charge is 0.452 e. The lowest BCUT2D eigenvalue weighted by atomic mass is 10.1. The molecular formula is C11H12Cl2N2O2. The monoisotopic (exact) mass is 274 g/mol. The highest BCUT2D eigenvalue weighted by molar-refractivity contribution is 6.37. The first-order chi connectivity index (χ1) is 8.08. The van der Waals surface area contributed by atoms with E-state index in [4.69, 9.17) is 23.2 Å². The summed E-state index contributed by atoms with van der Waals surface area (Å²) < 4.78 is 4.42. The van der Waals surface area contributed by atoms with Gasteiger partial charge in [-0.1, -0.05) is 36.2 Å². The topological polar surface area (TPSA) is 50.7 Å². The number of halogens is 2. The average molecular weight is 275 g/mol. The van der Waals surface area contributed by atoms with Crippen LogP contribution in [-0.2, 0) is 4.74 Å². The molecule has 92 valence electrons. The number of benzene rings is 1. The molecule has 0 radical (unpaired) electrons. The summed E-state index contributed by atoms with van der Waals surface area (Å²) in [5, 5.41) is 4.98. The van der Waals surface area contributed by atoms with E-state index in [1.165, 1.54) is 7.11 Å². The second kappa shape index (κ2) is 6.47. The molecule has 0 spiro atoms. The zero-order valence-electron chi connectivity index (χ0n) is 9.46. The molecular weight excluding hydrogens is 263 g/mol. The Balaban J connectivity index is 2.97. The smallest absolute Gasteiger partial charge is 0.427 e. The number of hydrogen-bond acceptors (Lipinski definition) is 3. The number of carbonyl (C=O) groups excluding carboxylic acids is 1. The Hall–Kier alpha value is -1.26. The van der Waals surface area contributed by atoms with Gasteiger partial charge in [0.2, 0.25) is 0 Å². The van der Waals surface area contributed by atoms with Crippen molar-refractivity contribution in [2.75, 3.05) is 7.11 Å². The van der Waals surface area contributed by atoms with Crippen molar-refractivity contribution >= 4 is 35.0 Å². The van der Waals surface area contributed by atoms with Crippen LogP contribution >= 0.6 is 23.2 Å². The van der Waals surface area contributed by atoms with Crippen LogP contribution < -0.4 is 5.43 Å². The van der Waals surface area contributed by atoms with Gasteiger partial charge in [0.15, 0.2) is 0 Å². The Kier molecular flexibility index (Phi) is 5.25. The highest BCUT2D eigenvalue weighted by Crippen LogP contribution is 2.22. The average Bonchev–Trinajstić information content (AvgIpc) is 2.31. The van der Waals surface area contributed by atoms with E-state index in [9.17, 15) is 4.79 Å². The van der Waals surface area contributed by atoms with E-state index < -0.39 is 6.09 Å². The number of nitrogens with zero attached hydrogens (tertiary/aromatic N) is 1. The third-order valence-corrected chi connectivity index (χ3v) is 2.59. The predicted octanol–water partition coefficient (Wildman–Crippen LogP) is 3.46. The van der Waals surface area contributed by atoms with Crippen LogP contribution in [0.4, 0.5) is 4.79 Å². The van der Waals surface area contributed by atoms with Gasteiger partial charge >= 0.3 is 6.09 Å². The normalized spacial score (nSPS) is 11.2. The van der Waals surface area contributed by atoms with E-state index in [1.807, 2.05) is 6.92 Å². The van der Waals surface area contributed by atoms with Gasteiger partial charge in [0.05, 0.1) is 17.8 Å². The van der Waals surface area contributed by atoms with Gasteiger partial charge in [0.1, 0.15) is 0 Å². The van der Waals surface area contributed by atoms with Crippen molar-refractivity contribution in [1.82, 2.24) is 5.43 Å². The summed E-state index contributed by atoms with van der Waals surface area (Å²) in [7, 11) is 1.27. The van der Waals surface area contributed by atoms with Crippen molar-refractivity contribution < 1.29 is 9.53 Å². The Labute approximate surface area is 110 Å². The van der Waals surface area contributed by atoms with Gasteiger partial charge in [-0.05, 0) is 18.6 Å². The Bertz CT molecular complexity index is 447. The summed E-state index contributed by atoms with van der Waals surface area (Å²) in [6.07, 6.45) is -0.00763. The number of rotatable bonds is 3. The molecule has 1 rings (SSSR count). The standard InChI is InChI=1S/C11H12Cl2N2O2/c1-3-10(14-15-11(16)17-2)8-5-4-7(12)6-9(8)13/h4-6H,3H2,1-2H3,(H,15,16). The van der Waals surface area contributed by atoms with Crippen molar-refractivity contribution in [2.45, 2.75) is 13.3 Å². The summed E-state index contributed by atoms with van der Waals surface area (Å²) in [5.41, 5.74) is 3.64. The van der Waals surface area contributed by atoms with E-state index in [2.05, 4.69) is 15.3 Å². The minimum absolute atomic E-state index is 0.491. The molecule has 0 aliphatic heterocycles. The van der Waals surface area contributed by atoms with Crippen molar-refractivity contribution in [2.24, 2.45) is 5.10 Å². The van der Waals surface area contributed by atoms with Crippen LogP contribution in [0, 0.1) is 0 Å². The van der Waals surface area contributed by atoms with Gasteiger partial charge < -0.3 is 4.74 Å². The lowest BCUT2D eigenvalue weighted by Crippen LogP contribution is -2.19. The summed E-state index contributed by atoms with van der Waals surface area (Å²) in [6, 6.07) is 5.10. The fourth-order valence-electron chi connectivity index (χ4n) is 1.21. The van der Waals surface area contributed by atoms with Gasteiger partial charge in [0.25, 0.3) is 0 Å². The number of methoxy groups -OCH3 is 1. The first kappa shape index (κ1) is 13.8. The number of ether oxygens (including phenoxy) is 1. The van der Waals surface area contributed by atoms with Crippen LogP contribution in [0.1, 0.15) is 18.9 Å². The van der Waals surface area contributed by atoms with Crippen LogP contribution in [0.15, 0.2) is 23.3 Å². The maximum atomic E-state index is 10.9. The first-order valence-electron chi connectivity index (χ1n) is 4.94. The van der Waals surface area contributed by atoms with Gasteiger partial charge in [-0.25, -0.2) is 10.2 Å². The van der Waals surface area contributed by atoms with E-state index >= 15 is 0 Å². The molecule has 0 unspecified atom stereocenters. The van der Waals surface area contributed by atoms with Crippen LogP contribution in [0.3, 0.4) is 0 Å². The number of nitrogens with one attached hydrogen (secondary N) is 1. The van der Waals surface area contributed by atoms with E-state index in [0.29, 0.717) is 22.2 Å². The summed E-state index contributed by atoms with van der Waals surface area (Å²) in [4.78, 5) is 10.9. The molecule has 0 aliphatic rings. The zero-order valence-corrected chi connectivity index (χ0v) is 11.0. The highest BCUT2D eigenvalue weighted by Gasteiger charge is 2.08. The lowest BCUT2D eigenvalue weighted by Gasteiger charge is -2.07. The van der Waals surface area contributed by atoms with E-state index in [-0.39, 0.29) is 0 Å². The van der Waals surface area contributed by atoms with Crippen LogP contribution in [0.2, 0.25) is 10.0 Å². The minimum atomic E-state index is -0.624. The first-order valence-corrected chi connectivity index (χ1v) is 5.70. The van der Waals surface area contributed by atoms with Crippen LogP contribution in [-0.4, -0.2) is 18.9 Å². The van der Waals surface area contributed by atoms with E-state index in [0.717, 1.165) is 5.56 Å². The molecule has 0 fully saturated rings. The molecule has 6 heteroatoms. The molecule has 0 aromatic heterocycles. The van der Waals surface area contributed by atoms with Crippen LogP contribution in [0.25, 0.3) is 0 Å². The molecule has 0 bridgehead atoms. The fourth-order valence-corrected chi connectivity index (χ4v) is 1.73. The quantitative estimate of drug-likeness (QED) is 0.678. The molecule has 0 atom stereocenters. The Morgan fingerprint density at radius 3 is 2.71 bits per heavy atom. The molecule has 0 heterocycles. The minimum Gasteiger partial charge on any atom is -0.452 e. The summed E-state index contributed by atoms with van der Waals surface area (Å²) in [6.45, 7) is 1.91. The molecule has 1 amide bonds. The zero-order chi connectivity index (χ0) is 12.8. The second-order valence-corrected chi connectivity index (χ2v) is 3.98. The maximum absolute atomic E-state index is 10.9. The molecule has 0 saturated carbocycles.